The van der Waals surface area contributed by atoms with Crippen LogP contribution in [0.25, 0.3) is 16.8 Å². The number of nitrogens with zero attached hydrogens (tertiary/aromatic N) is 1. The monoisotopic (exact) mass is 394 g/mol. The Hall–Kier alpha value is -3.45. The molecule has 4 rings (SSSR count). The number of ether oxygens (including phenoxy) is 1. The normalized spacial score (nSPS) is 15.1. The van der Waals surface area contributed by atoms with Crippen molar-refractivity contribution in [2.45, 2.75) is 6.61 Å². The molecule has 1 aliphatic heterocycles. The summed E-state index contributed by atoms with van der Waals surface area (Å²) in [5, 5.41) is 11.4. The highest BCUT2D eigenvalue weighted by Gasteiger charge is 2.31. The van der Waals surface area contributed by atoms with Crippen LogP contribution in [-0.4, -0.2) is 13.5 Å². The largest absolute Gasteiger partial charge is 0.493 e. The standard InChI is InChI=1S/C21H18N2O4S/c1-2-15-8-9-17-12-20(27-14-16-6-4-3-5-7-16)19(11-18(17)10-15)23-13-21(24)22-28(23,25)26/h2-13,22,24H,1,14H2. The average molecular weight is 394 g/mol. The van der Waals surface area contributed by atoms with E-state index in [9.17, 15) is 13.5 Å². The Morgan fingerprint density at radius 2 is 1.86 bits per heavy atom. The number of anilines is 1. The van der Waals surface area contributed by atoms with E-state index in [0.29, 0.717) is 11.4 Å². The van der Waals surface area contributed by atoms with E-state index in [1.807, 2.05) is 48.5 Å². The van der Waals surface area contributed by atoms with Gasteiger partial charge in [0.15, 0.2) is 0 Å². The van der Waals surface area contributed by atoms with Crippen LogP contribution in [0.1, 0.15) is 11.1 Å². The minimum Gasteiger partial charge on any atom is -0.493 e. The highest BCUT2D eigenvalue weighted by Crippen LogP contribution is 2.37. The number of aliphatic hydroxyl groups excluding tert-OH is 1. The van der Waals surface area contributed by atoms with Gasteiger partial charge in [-0.1, -0.05) is 55.1 Å². The van der Waals surface area contributed by atoms with Crippen molar-refractivity contribution in [2.24, 2.45) is 0 Å². The Kier molecular flexibility index (Phi) is 4.44. The minimum absolute atomic E-state index is 0.279. The van der Waals surface area contributed by atoms with Crippen LogP contribution in [0.3, 0.4) is 0 Å². The van der Waals surface area contributed by atoms with E-state index >= 15 is 0 Å². The Bertz CT molecular complexity index is 1190. The molecule has 0 aromatic heterocycles. The molecule has 142 valence electrons. The summed E-state index contributed by atoms with van der Waals surface area (Å²) >= 11 is 0. The lowest BCUT2D eigenvalue weighted by Gasteiger charge is -2.19. The van der Waals surface area contributed by atoms with Crippen molar-refractivity contribution in [1.82, 2.24) is 4.72 Å². The van der Waals surface area contributed by atoms with Crippen LogP contribution < -0.4 is 13.8 Å². The second-order valence-electron chi connectivity index (χ2n) is 6.32. The zero-order valence-corrected chi connectivity index (χ0v) is 15.7. The van der Waals surface area contributed by atoms with Crippen LogP contribution in [0.15, 0.2) is 79.3 Å². The number of hydrogen-bond donors (Lipinski definition) is 2. The molecule has 0 saturated carbocycles. The Balaban J connectivity index is 1.82. The topological polar surface area (TPSA) is 78.9 Å². The lowest BCUT2D eigenvalue weighted by Crippen LogP contribution is -2.29. The third kappa shape index (κ3) is 3.39. The van der Waals surface area contributed by atoms with Crippen LogP contribution >= 0.6 is 0 Å². The van der Waals surface area contributed by atoms with Crippen molar-refractivity contribution < 1.29 is 18.3 Å². The molecule has 2 N–H and O–H groups in total. The summed E-state index contributed by atoms with van der Waals surface area (Å²) in [6, 6.07) is 18.9. The van der Waals surface area contributed by atoms with Gasteiger partial charge in [0.25, 0.3) is 0 Å². The van der Waals surface area contributed by atoms with Crippen molar-refractivity contribution in [2.75, 3.05) is 4.31 Å². The summed E-state index contributed by atoms with van der Waals surface area (Å²) in [5.74, 6) is -0.0621. The first-order chi connectivity index (χ1) is 13.5. The third-order valence-corrected chi connectivity index (χ3v) is 5.67. The molecular weight excluding hydrogens is 376 g/mol. The van der Waals surface area contributed by atoms with Gasteiger partial charge in [-0.05, 0) is 40.1 Å². The van der Waals surface area contributed by atoms with Gasteiger partial charge in [0.05, 0.1) is 6.20 Å². The first-order valence-corrected chi connectivity index (χ1v) is 10.0. The fourth-order valence-corrected chi connectivity index (χ4v) is 4.08. The summed E-state index contributed by atoms with van der Waals surface area (Å²) in [6.07, 6.45) is 2.84. The van der Waals surface area contributed by atoms with E-state index in [2.05, 4.69) is 11.3 Å². The second kappa shape index (κ2) is 6.94. The van der Waals surface area contributed by atoms with Gasteiger partial charge in [-0.2, -0.15) is 8.42 Å². The summed E-state index contributed by atoms with van der Waals surface area (Å²) in [6.45, 7) is 4.05. The second-order valence-corrected chi connectivity index (χ2v) is 7.87. The Morgan fingerprint density at radius 1 is 1.07 bits per heavy atom. The molecule has 1 aliphatic rings. The number of rotatable bonds is 5. The molecule has 7 heteroatoms. The summed E-state index contributed by atoms with van der Waals surface area (Å²) in [5.41, 5.74) is 2.18. The van der Waals surface area contributed by atoms with Crippen molar-refractivity contribution in [3.63, 3.8) is 0 Å². The van der Waals surface area contributed by atoms with Gasteiger partial charge in [0, 0.05) is 0 Å². The summed E-state index contributed by atoms with van der Waals surface area (Å²) in [4.78, 5) is 0. The first kappa shape index (κ1) is 17.9. The fraction of sp³-hybridized carbons (Fsp3) is 0.0476. The zero-order chi connectivity index (χ0) is 19.7. The molecule has 1 heterocycles. The van der Waals surface area contributed by atoms with E-state index < -0.39 is 16.1 Å². The van der Waals surface area contributed by atoms with Gasteiger partial charge in [-0.25, -0.2) is 9.03 Å². The van der Waals surface area contributed by atoms with Crippen LogP contribution in [0.2, 0.25) is 0 Å². The molecule has 0 fully saturated rings. The van der Waals surface area contributed by atoms with Gasteiger partial charge in [-0.3, -0.25) is 0 Å². The number of benzene rings is 3. The van der Waals surface area contributed by atoms with E-state index in [-0.39, 0.29) is 6.61 Å². The van der Waals surface area contributed by atoms with Crippen LogP contribution in [0.5, 0.6) is 5.75 Å². The minimum atomic E-state index is -3.94. The van der Waals surface area contributed by atoms with Crippen molar-refractivity contribution >= 4 is 32.7 Å². The molecule has 0 saturated heterocycles. The molecule has 0 amide bonds. The number of aliphatic hydroxyl groups is 1. The summed E-state index contributed by atoms with van der Waals surface area (Å²) < 4.78 is 33.8. The van der Waals surface area contributed by atoms with Crippen molar-refractivity contribution in [1.29, 1.82) is 0 Å². The van der Waals surface area contributed by atoms with E-state index in [0.717, 1.165) is 32.4 Å². The van der Waals surface area contributed by atoms with E-state index in [4.69, 9.17) is 4.74 Å². The molecule has 6 nitrogen and oxygen atoms in total. The maximum atomic E-state index is 12.4. The number of fused-ring (bicyclic) bond motifs is 1. The van der Waals surface area contributed by atoms with Crippen molar-refractivity contribution in [3.8, 4) is 5.75 Å². The molecular formula is C21H18N2O4S. The SMILES string of the molecule is C=Cc1ccc2cc(OCc3ccccc3)c(N3C=C(O)NS3(=O)=O)cc2c1. The molecule has 3 aromatic carbocycles. The van der Waals surface area contributed by atoms with Crippen molar-refractivity contribution in [3.05, 3.63) is 90.5 Å². The lowest BCUT2D eigenvalue weighted by atomic mass is 10.1. The molecule has 0 aliphatic carbocycles. The summed E-state index contributed by atoms with van der Waals surface area (Å²) in [7, 11) is -3.94. The predicted molar refractivity (Wildman–Crippen MR) is 110 cm³/mol. The Morgan fingerprint density at radius 3 is 2.54 bits per heavy atom. The Labute approximate surface area is 163 Å². The van der Waals surface area contributed by atoms with Gasteiger partial charge < -0.3 is 9.84 Å². The smallest absolute Gasteiger partial charge is 0.330 e. The predicted octanol–water partition coefficient (Wildman–Crippen LogP) is 4.07. The van der Waals surface area contributed by atoms with Gasteiger partial charge in [0.2, 0.25) is 5.88 Å². The molecule has 3 aromatic rings. The zero-order valence-electron chi connectivity index (χ0n) is 14.9. The highest BCUT2D eigenvalue weighted by atomic mass is 32.2. The van der Waals surface area contributed by atoms with Crippen LogP contribution in [0.4, 0.5) is 5.69 Å². The lowest BCUT2D eigenvalue weighted by molar-refractivity contribution is 0.308. The maximum absolute atomic E-state index is 12.4. The third-order valence-electron chi connectivity index (χ3n) is 4.38. The van der Waals surface area contributed by atoms with E-state index in [1.165, 1.54) is 0 Å². The molecule has 0 atom stereocenters. The average Bonchev–Trinajstić information content (AvgIpc) is 2.97. The fourth-order valence-electron chi connectivity index (χ4n) is 3.02. The maximum Gasteiger partial charge on any atom is 0.330 e. The highest BCUT2D eigenvalue weighted by molar-refractivity contribution is 7.91. The first-order valence-electron chi connectivity index (χ1n) is 8.56. The molecule has 0 spiro atoms. The number of nitrogens with one attached hydrogen (secondary N) is 1. The van der Waals surface area contributed by atoms with Crippen LogP contribution in [0, 0.1) is 0 Å². The molecule has 28 heavy (non-hydrogen) atoms. The quantitative estimate of drug-likeness (QED) is 0.684. The van der Waals surface area contributed by atoms with Gasteiger partial charge in [0.1, 0.15) is 18.0 Å². The molecule has 0 unspecified atom stereocenters. The van der Waals surface area contributed by atoms with Crippen LogP contribution in [-0.2, 0) is 16.8 Å². The van der Waals surface area contributed by atoms with E-state index in [1.54, 1.807) is 18.2 Å². The molecule has 0 radical (unpaired) electrons. The molecule has 0 bridgehead atoms. The van der Waals surface area contributed by atoms with Gasteiger partial charge in [-0.15, -0.1) is 0 Å². The van der Waals surface area contributed by atoms with Gasteiger partial charge >= 0.3 is 10.2 Å². The number of hydrogen-bond acceptors (Lipinski definition) is 4.